The molecule has 162 valence electrons. The van der Waals surface area contributed by atoms with E-state index < -0.39 is 8.07 Å². The summed E-state index contributed by atoms with van der Waals surface area (Å²) in [6.07, 6.45) is 0. The predicted octanol–water partition coefficient (Wildman–Crippen LogP) is 5.28. The van der Waals surface area contributed by atoms with E-state index in [0.29, 0.717) is 0 Å². The molecule has 0 saturated carbocycles. The Hall–Kier alpha value is -3.61. The van der Waals surface area contributed by atoms with Crippen LogP contribution in [0.5, 0.6) is 0 Å². The van der Waals surface area contributed by atoms with Gasteiger partial charge in [-0.15, -0.1) is 5.54 Å². The Morgan fingerprint density at radius 3 is 2.09 bits per heavy atom. The summed E-state index contributed by atoms with van der Waals surface area (Å²) >= 11 is 0. The van der Waals surface area contributed by atoms with E-state index in [2.05, 4.69) is 85.8 Å². The summed E-state index contributed by atoms with van der Waals surface area (Å²) in [7, 11) is -2.67. The molecule has 3 aromatic carbocycles. The van der Waals surface area contributed by atoms with Gasteiger partial charge >= 0.3 is 0 Å². The average molecular weight is 446 g/mol. The van der Waals surface area contributed by atoms with Crippen LogP contribution in [0.1, 0.15) is 31.9 Å². The zero-order valence-corrected chi connectivity index (χ0v) is 20.5. The fraction of sp³-hybridized carbons (Fsp3) is 0.167. The molecule has 1 N–H and O–H groups in total. The van der Waals surface area contributed by atoms with Crippen LogP contribution in [0.4, 0.5) is 0 Å². The molecular formula is C30H27NOSi. The van der Waals surface area contributed by atoms with Crippen LogP contribution in [0.25, 0.3) is 22.4 Å². The molecule has 0 bridgehead atoms. The number of hydrogen-bond acceptors (Lipinski definition) is 1. The molecule has 0 saturated heterocycles. The van der Waals surface area contributed by atoms with Crippen molar-refractivity contribution in [3.05, 3.63) is 106 Å². The maximum Gasteiger partial charge on any atom is 0.251 e. The number of nitrogens with one attached hydrogen (secondary N) is 1. The molecule has 1 aliphatic rings. The Labute approximate surface area is 196 Å². The monoisotopic (exact) mass is 445 g/mol. The highest BCUT2D eigenvalue weighted by atomic mass is 28.3. The quantitative estimate of drug-likeness (QED) is 0.314. The molecule has 2 heterocycles. The first kappa shape index (κ1) is 21.2. The van der Waals surface area contributed by atoms with Crippen LogP contribution in [0.2, 0.25) is 5.04 Å². The number of pyridine rings is 1. The van der Waals surface area contributed by atoms with Crippen molar-refractivity contribution in [3.8, 4) is 33.8 Å². The smallest absolute Gasteiger partial charge is 0.251 e. The van der Waals surface area contributed by atoms with Crippen molar-refractivity contribution in [2.45, 2.75) is 32.7 Å². The van der Waals surface area contributed by atoms with Gasteiger partial charge in [0, 0.05) is 16.8 Å². The molecule has 0 radical (unpaired) electrons. The molecule has 0 unspecified atom stereocenters. The summed E-state index contributed by atoms with van der Waals surface area (Å²) in [5, 5.41) is 2.43. The summed E-state index contributed by atoms with van der Waals surface area (Å²) < 4.78 is 0. The van der Waals surface area contributed by atoms with Crippen molar-refractivity contribution in [2.24, 2.45) is 0 Å². The van der Waals surface area contributed by atoms with Gasteiger partial charge in [-0.05, 0) is 51.2 Å². The Morgan fingerprint density at radius 2 is 1.42 bits per heavy atom. The minimum absolute atomic E-state index is 0.0304. The minimum atomic E-state index is -2.67. The Balaban J connectivity index is 1.97. The second-order valence-electron chi connectivity index (χ2n) is 9.73. The van der Waals surface area contributed by atoms with Crippen molar-refractivity contribution in [1.82, 2.24) is 4.98 Å². The van der Waals surface area contributed by atoms with Crippen LogP contribution < -0.4 is 15.9 Å². The normalized spacial score (nSPS) is 16.5. The van der Waals surface area contributed by atoms with E-state index in [-0.39, 0.29) is 10.6 Å². The molecule has 2 nitrogen and oxygen atoms in total. The first-order chi connectivity index (χ1) is 15.8. The maximum absolute atomic E-state index is 13.1. The summed E-state index contributed by atoms with van der Waals surface area (Å²) in [4.78, 5) is 16.4. The molecule has 5 rings (SSSR count). The van der Waals surface area contributed by atoms with Gasteiger partial charge in [-0.2, -0.15) is 0 Å². The lowest BCUT2D eigenvalue weighted by Gasteiger charge is -2.38. The number of H-pyrrole nitrogens is 1. The molecule has 0 aliphatic carbocycles. The molecule has 3 heteroatoms. The number of aromatic amines is 1. The van der Waals surface area contributed by atoms with Gasteiger partial charge in [0.15, 0.2) is 0 Å². The van der Waals surface area contributed by atoms with Crippen LogP contribution >= 0.6 is 0 Å². The molecule has 33 heavy (non-hydrogen) atoms. The Kier molecular flexibility index (Phi) is 4.99. The second kappa shape index (κ2) is 7.76. The number of benzene rings is 3. The standard InChI is InChI=1S/C30H27NOSi/c1-21-26-24-17-11-12-18-25(24)33(30(2,3)4,20-19-22-13-7-5-8-14-22)28(26)27(31-29(21)32)23-15-9-6-10-16-23/h5-18H,1-4H3,(H,31,32)/t33-/m0/s1. The van der Waals surface area contributed by atoms with Crippen molar-refractivity contribution in [3.63, 3.8) is 0 Å². The number of aromatic nitrogens is 1. The number of fused-ring (bicyclic) bond motifs is 3. The summed E-state index contributed by atoms with van der Waals surface area (Å²) in [6.45, 7) is 8.86. The largest absolute Gasteiger partial charge is 0.322 e. The molecule has 1 aromatic heterocycles. The van der Waals surface area contributed by atoms with E-state index in [1.165, 1.54) is 10.4 Å². The van der Waals surface area contributed by atoms with Gasteiger partial charge in [-0.25, -0.2) is 0 Å². The van der Waals surface area contributed by atoms with E-state index >= 15 is 0 Å². The molecule has 1 atom stereocenters. The fourth-order valence-electron chi connectivity index (χ4n) is 5.18. The van der Waals surface area contributed by atoms with E-state index in [1.54, 1.807) is 0 Å². The van der Waals surface area contributed by atoms with Gasteiger partial charge in [0.2, 0.25) is 8.07 Å². The van der Waals surface area contributed by atoms with Crippen molar-refractivity contribution in [2.75, 3.05) is 0 Å². The van der Waals surface area contributed by atoms with E-state index in [4.69, 9.17) is 0 Å². The zero-order valence-electron chi connectivity index (χ0n) is 19.5. The van der Waals surface area contributed by atoms with Crippen molar-refractivity contribution < 1.29 is 0 Å². The topological polar surface area (TPSA) is 32.9 Å². The SMILES string of the molecule is Cc1c2c(c(-c3ccccc3)[nH]c1=O)[Si@@](C#Cc1ccccc1)(C(C)(C)C)c1ccccc1-2. The molecular weight excluding hydrogens is 418 g/mol. The molecule has 0 fully saturated rings. The van der Waals surface area contributed by atoms with Gasteiger partial charge in [0.25, 0.3) is 5.56 Å². The Morgan fingerprint density at radius 1 is 0.818 bits per heavy atom. The first-order valence-electron chi connectivity index (χ1n) is 11.4. The van der Waals surface area contributed by atoms with Gasteiger partial charge in [0.1, 0.15) is 0 Å². The fourth-order valence-corrected chi connectivity index (χ4v) is 10.2. The number of hydrogen-bond donors (Lipinski definition) is 1. The third kappa shape index (κ3) is 3.22. The van der Waals surface area contributed by atoms with Crippen molar-refractivity contribution >= 4 is 18.4 Å². The van der Waals surface area contributed by atoms with Gasteiger partial charge in [0.05, 0.1) is 0 Å². The van der Waals surface area contributed by atoms with Gasteiger partial charge in [-0.1, -0.05) is 99.5 Å². The molecule has 0 spiro atoms. The Bertz CT molecular complexity index is 1470. The van der Waals surface area contributed by atoms with Crippen molar-refractivity contribution in [1.29, 1.82) is 0 Å². The highest BCUT2D eigenvalue weighted by Crippen LogP contribution is 2.44. The molecule has 4 aromatic rings. The second-order valence-corrected chi connectivity index (χ2v) is 14.0. The maximum atomic E-state index is 13.1. The highest BCUT2D eigenvalue weighted by Gasteiger charge is 2.55. The molecule has 1 aliphatic heterocycles. The summed E-state index contributed by atoms with van der Waals surface area (Å²) in [5.74, 6) is 3.55. The van der Waals surface area contributed by atoms with E-state index in [9.17, 15) is 4.79 Å². The lowest BCUT2D eigenvalue weighted by Crippen LogP contribution is -2.62. The lowest BCUT2D eigenvalue weighted by atomic mass is 9.99. The van der Waals surface area contributed by atoms with Crippen LogP contribution in [0.15, 0.2) is 89.7 Å². The lowest BCUT2D eigenvalue weighted by molar-refractivity contribution is 0.741. The molecule has 0 amide bonds. The highest BCUT2D eigenvalue weighted by molar-refractivity contribution is 7.13. The predicted molar refractivity (Wildman–Crippen MR) is 141 cm³/mol. The van der Waals surface area contributed by atoms with Gasteiger partial charge in [-0.3, -0.25) is 4.79 Å². The van der Waals surface area contributed by atoms with Crippen LogP contribution in [0.3, 0.4) is 0 Å². The van der Waals surface area contributed by atoms with Crippen LogP contribution in [0, 0.1) is 18.4 Å². The average Bonchev–Trinajstić information content (AvgIpc) is 3.13. The zero-order chi connectivity index (χ0) is 23.2. The summed E-state index contributed by atoms with van der Waals surface area (Å²) in [5.41, 5.74) is 9.84. The van der Waals surface area contributed by atoms with Crippen LogP contribution in [-0.4, -0.2) is 13.1 Å². The summed E-state index contributed by atoms with van der Waals surface area (Å²) in [6, 6.07) is 29.0. The third-order valence-corrected chi connectivity index (χ3v) is 12.0. The van der Waals surface area contributed by atoms with E-state index in [0.717, 1.165) is 33.5 Å². The van der Waals surface area contributed by atoms with E-state index in [1.807, 2.05) is 43.3 Å². The first-order valence-corrected chi connectivity index (χ1v) is 13.4. The third-order valence-electron chi connectivity index (χ3n) is 6.79. The number of rotatable bonds is 1. The van der Waals surface area contributed by atoms with Crippen LogP contribution in [-0.2, 0) is 0 Å². The van der Waals surface area contributed by atoms with Gasteiger partial charge < -0.3 is 4.98 Å². The minimum Gasteiger partial charge on any atom is -0.322 e.